The van der Waals surface area contributed by atoms with Gasteiger partial charge in [0.15, 0.2) is 0 Å². The summed E-state index contributed by atoms with van der Waals surface area (Å²) in [5.41, 5.74) is 6.62. The highest BCUT2D eigenvalue weighted by atomic mass is 16.5. The summed E-state index contributed by atoms with van der Waals surface area (Å²) < 4.78 is 11.3. The van der Waals surface area contributed by atoms with Crippen LogP contribution in [-0.2, 0) is 4.74 Å². The average molecular weight is 265 g/mol. The molecular formula is C16H27NO2. The summed E-state index contributed by atoms with van der Waals surface area (Å²) in [5.74, 6) is 0.991. The first kappa shape index (κ1) is 16.0. The molecule has 0 aliphatic rings. The van der Waals surface area contributed by atoms with Crippen molar-refractivity contribution >= 4 is 0 Å². The molecule has 0 bridgehead atoms. The van der Waals surface area contributed by atoms with E-state index in [9.17, 15) is 0 Å². The quantitative estimate of drug-likeness (QED) is 0.624. The molecular weight excluding hydrogens is 238 g/mol. The summed E-state index contributed by atoms with van der Waals surface area (Å²) in [6.07, 6.45) is 5.50. The van der Waals surface area contributed by atoms with Gasteiger partial charge in [0, 0.05) is 13.2 Å². The van der Waals surface area contributed by atoms with E-state index in [1.54, 1.807) is 0 Å². The summed E-state index contributed by atoms with van der Waals surface area (Å²) in [6, 6.07) is 8.12. The Labute approximate surface area is 117 Å². The lowest BCUT2D eigenvalue weighted by molar-refractivity contribution is 0.122. The van der Waals surface area contributed by atoms with Crippen LogP contribution < -0.4 is 10.5 Å². The van der Waals surface area contributed by atoms with E-state index in [2.05, 4.69) is 13.0 Å². The van der Waals surface area contributed by atoms with E-state index >= 15 is 0 Å². The van der Waals surface area contributed by atoms with Gasteiger partial charge in [0.1, 0.15) is 5.75 Å². The van der Waals surface area contributed by atoms with Gasteiger partial charge in [-0.3, -0.25) is 0 Å². The Kier molecular flexibility index (Phi) is 9.11. The fourth-order valence-electron chi connectivity index (χ4n) is 1.83. The second-order valence-corrected chi connectivity index (χ2v) is 4.78. The lowest BCUT2D eigenvalue weighted by Gasteiger charge is -2.08. The highest BCUT2D eigenvalue weighted by Crippen LogP contribution is 2.16. The molecule has 3 nitrogen and oxygen atoms in total. The van der Waals surface area contributed by atoms with Crippen molar-refractivity contribution < 1.29 is 9.47 Å². The second kappa shape index (κ2) is 10.8. The predicted octanol–water partition coefficient (Wildman–Crippen LogP) is 3.30. The molecule has 1 rings (SSSR count). The van der Waals surface area contributed by atoms with Gasteiger partial charge in [-0.15, -0.1) is 0 Å². The molecule has 1 aromatic carbocycles. The second-order valence-electron chi connectivity index (χ2n) is 4.78. The SMILES string of the molecule is Cc1ccccc1OCCCCOCCCCCN. The number of nitrogens with two attached hydrogens (primary N) is 1. The van der Waals surface area contributed by atoms with Crippen molar-refractivity contribution in [3.05, 3.63) is 29.8 Å². The van der Waals surface area contributed by atoms with Crippen molar-refractivity contribution in [2.45, 2.75) is 39.0 Å². The molecule has 0 unspecified atom stereocenters. The number of ether oxygens (including phenoxy) is 2. The highest BCUT2D eigenvalue weighted by molar-refractivity contribution is 5.31. The molecule has 0 saturated carbocycles. The number of rotatable bonds is 11. The molecule has 0 radical (unpaired) electrons. The normalized spacial score (nSPS) is 10.6. The molecule has 0 aliphatic heterocycles. The molecule has 19 heavy (non-hydrogen) atoms. The number of unbranched alkanes of at least 4 members (excludes halogenated alkanes) is 3. The summed E-state index contributed by atoms with van der Waals surface area (Å²) in [5, 5.41) is 0. The minimum atomic E-state index is 0.765. The van der Waals surface area contributed by atoms with E-state index in [0.717, 1.165) is 57.8 Å². The maximum absolute atomic E-state index is 5.73. The molecule has 0 aliphatic carbocycles. The van der Waals surface area contributed by atoms with E-state index in [-0.39, 0.29) is 0 Å². The standard InChI is InChI=1S/C16H27NO2/c1-15-9-3-4-10-16(15)19-14-8-7-13-18-12-6-2-5-11-17/h3-4,9-10H,2,5-8,11-14,17H2,1H3. The zero-order valence-corrected chi connectivity index (χ0v) is 12.1. The van der Waals surface area contributed by atoms with Crippen LogP contribution in [0.4, 0.5) is 0 Å². The van der Waals surface area contributed by atoms with Gasteiger partial charge in [-0.05, 0) is 57.2 Å². The van der Waals surface area contributed by atoms with E-state index in [1.165, 1.54) is 12.0 Å². The maximum Gasteiger partial charge on any atom is 0.122 e. The first-order chi connectivity index (χ1) is 9.34. The summed E-state index contributed by atoms with van der Waals surface area (Å²) in [6.45, 7) is 5.32. The lowest BCUT2D eigenvalue weighted by atomic mass is 10.2. The highest BCUT2D eigenvalue weighted by Gasteiger charge is 1.97. The number of hydrogen-bond acceptors (Lipinski definition) is 3. The molecule has 0 amide bonds. The zero-order valence-electron chi connectivity index (χ0n) is 12.1. The number of para-hydroxylation sites is 1. The number of benzene rings is 1. The van der Waals surface area contributed by atoms with Crippen LogP contribution in [0, 0.1) is 6.92 Å². The van der Waals surface area contributed by atoms with Crippen LogP contribution in [0.1, 0.15) is 37.7 Å². The Hall–Kier alpha value is -1.06. The fraction of sp³-hybridized carbons (Fsp3) is 0.625. The van der Waals surface area contributed by atoms with Crippen LogP contribution in [0.5, 0.6) is 5.75 Å². The lowest BCUT2D eigenvalue weighted by Crippen LogP contribution is -2.03. The molecule has 0 heterocycles. The monoisotopic (exact) mass is 265 g/mol. The third-order valence-electron chi connectivity index (χ3n) is 3.03. The molecule has 1 aromatic rings. The first-order valence-corrected chi connectivity index (χ1v) is 7.31. The van der Waals surface area contributed by atoms with Crippen molar-refractivity contribution in [2.75, 3.05) is 26.4 Å². The molecule has 0 aromatic heterocycles. The largest absolute Gasteiger partial charge is 0.493 e. The topological polar surface area (TPSA) is 44.5 Å². The van der Waals surface area contributed by atoms with Gasteiger partial charge in [0.2, 0.25) is 0 Å². The Morgan fingerprint density at radius 1 is 0.895 bits per heavy atom. The van der Waals surface area contributed by atoms with Crippen LogP contribution in [0.2, 0.25) is 0 Å². The van der Waals surface area contributed by atoms with Crippen LogP contribution in [0.15, 0.2) is 24.3 Å². The van der Waals surface area contributed by atoms with Crippen molar-refractivity contribution in [3.8, 4) is 5.75 Å². The predicted molar refractivity (Wildman–Crippen MR) is 79.6 cm³/mol. The van der Waals surface area contributed by atoms with Gasteiger partial charge in [0.05, 0.1) is 6.61 Å². The Bertz CT molecular complexity index is 328. The van der Waals surface area contributed by atoms with E-state index in [4.69, 9.17) is 15.2 Å². The van der Waals surface area contributed by atoms with Crippen LogP contribution in [0.25, 0.3) is 0 Å². The van der Waals surface area contributed by atoms with Gasteiger partial charge >= 0.3 is 0 Å². The van der Waals surface area contributed by atoms with E-state index in [1.807, 2.05) is 18.2 Å². The molecule has 2 N–H and O–H groups in total. The molecule has 0 spiro atoms. The van der Waals surface area contributed by atoms with Crippen molar-refractivity contribution in [2.24, 2.45) is 5.73 Å². The summed E-state index contributed by atoms with van der Waals surface area (Å²) in [7, 11) is 0. The van der Waals surface area contributed by atoms with Gasteiger partial charge in [-0.2, -0.15) is 0 Å². The summed E-state index contributed by atoms with van der Waals surface area (Å²) in [4.78, 5) is 0. The summed E-state index contributed by atoms with van der Waals surface area (Å²) >= 11 is 0. The van der Waals surface area contributed by atoms with Gasteiger partial charge in [-0.25, -0.2) is 0 Å². The van der Waals surface area contributed by atoms with Crippen LogP contribution in [-0.4, -0.2) is 26.4 Å². The number of aryl methyl sites for hydroxylation is 1. The number of hydrogen-bond donors (Lipinski definition) is 1. The average Bonchev–Trinajstić information content (AvgIpc) is 2.43. The third kappa shape index (κ3) is 7.85. The molecule has 0 atom stereocenters. The minimum Gasteiger partial charge on any atom is -0.493 e. The van der Waals surface area contributed by atoms with Crippen LogP contribution in [0.3, 0.4) is 0 Å². The van der Waals surface area contributed by atoms with Crippen molar-refractivity contribution in [3.63, 3.8) is 0 Å². The van der Waals surface area contributed by atoms with E-state index < -0.39 is 0 Å². The molecule has 0 saturated heterocycles. The molecule has 3 heteroatoms. The Balaban J connectivity index is 1.90. The molecule has 108 valence electrons. The van der Waals surface area contributed by atoms with Gasteiger partial charge < -0.3 is 15.2 Å². The van der Waals surface area contributed by atoms with Crippen LogP contribution >= 0.6 is 0 Å². The first-order valence-electron chi connectivity index (χ1n) is 7.31. The van der Waals surface area contributed by atoms with Crippen molar-refractivity contribution in [1.82, 2.24) is 0 Å². The van der Waals surface area contributed by atoms with Gasteiger partial charge in [0.25, 0.3) is 0 Å². The fourth-order valence-corrected chi connectivity index (χ4v) is 1.83. The van der Waals surface area contributed by atoms with Crippen molar-refractivity contribution in [1.29, 1.82) is 0 Å². The van der Waals surface area contributed by atoms with E-state index in [0.29, 0.717) is 0 Å². The third-order valence-corrected chi connectivity index (χ3v) is 3.03. The molecule has 0 fully saturated rings. The zero-order chi connectivity index (χ0) is 13.8. The Morgan fingerprint density at radius 3 is 2.32 bits per heavy atom. The minimum absolute atomic E-state index is 0.765. The van der Waals surface area contributed by atoms with Gasteiger partial charge in [-0.1, -0.05) is 18.2 Å². The smallest absolute Gasteiger partial charge is 0.122 e. The maximum atomic E-state index is 5.73. The Morgan fingerprint density at radius 2 is 1.58 bits per heavy atom.